The zero-order valence-corrected chi connectivity index (χ0v) is 12.0. The second-order valence-corrected chi connectivity index (χ2v) is 6.43. The van der Waals surface area contributed by atoms with Crippen LogP contribution in [0.4, 0.5) is 0 Å². The second-order valence-electron chi connectivity index (χ2n) is 6.43. The average Bonchev–Trinajstić information content (AvgIpc) is 2.77. The van der Waals surface area contributed by atoms with E-state index in [1.54, 1.807) is 0 Å². The zero-order chi connectivity index (χ0) is 13.8. The Morgan fingerprint density at radius 2 is 1.94 bits per heavy atom. The lowest BCUT2D eigenvalue weighted by molar-refractivity contribution is -0.135. The normalized spacial score (nSPS) is 18.9. The molecule has 1 amide bonds. The second kappa shape index (κ2) is 6.53. The summed E-state index contributed by atoms with van der Waals surface area (Å²) in [7, 11) is 0. The van der Waals surface area contributed by atoms with E-state index in [4.69, 9.17) is 10.8 Å². The molecule has 1 fully saturated rings. The summed E-state index contributed by atoms with van der Waals surface area (Å²) in [6.07, 6.45) is 4.88. The Kier molecular flexibility index (Phi) is 5.60. The third-order valence-electron chi connectivity index (χ3n) is 3.93. The predicted molar refractivity (Wildman–Crippen MR) is 73.1 cm³/mol. The van der Waals surface area contributed by atoms with Crippen LogP contribution in [0.2, 0.25) is 0 Å². The monoisotopic (exact) mass is 256 g/mol. The van der Waals surface area contributed by atoms with Crippen molar-refractivity contribution < 1.29 is 9.90 Å². The number of hydrogen-bond acceptors (Lipinski definition) is 3. The number of carbonyl (C=O) groups is 1. The van der Waals surface area contributed by atoms with E-state index in [0.29, 0.717) is 19.0 Å². The molecule has 4 nitrogen and oxygen atoms in total. The summed E-state index contributed by atoms with van der Waals surface area (Å²) in [5.74, 6) is 0.0957. The van der Waals surface area contributed by atoms with Gasteiger partial charge in [0.2, 0.25) is 5.91 Å². The third kappa shape index (κ3) is 4.25. The van der Waals surface area contributed by atoms with Gasteiger partial charge in [-0.05, 0) is 18.3 Å². The molecule has 0 aromatic carbocycles. The van der Waals surface area contributed by atoms with Crippen molar-refractivity contribution in [2.75, 3.05) is 13.2 Å². The highest BCUT2D eigenvalue weighted by Crippen LogP contribution is 2.26. The van der Waals surface area contributed by atoms with E-state index in [2.05, 4.69) is 20.8 Å². The summed E-state index contributed by atoms with van der Waals surface area (Å²) >= 11 is 0. The molecule has 1 rings (SSSR count). The SMILES string of the molecule is CC(C)(C)C(N)CC(=O)N(CCO)C1CCCC1. The molecule has 0 spiro atoms. The van der Waals surface area contributed by atoms with E-state index >= 15 is 0 Å². The molecular weight excluding hydrogens is 228 g/mol. The lowest BCUT2D eigenvalue weighted by atomic mass is 9.85. The predicted octanol–water partition coefficient (Wildman–Crippen LogP) is 1.51. The van der Waals surface area contributed by atoms with Gasteiger partial charge in [0.25, 0.3) is 0 Å². The molecule has 1 unspecified atom stereocenters. The molecule has 18 heavy (non-hydrogen) atoms. The number of nitrogens with zero attached hydrogens (tertiary/aromatic N) is 1. The molecular formula is C14H28N2O2. The quantitative estimate of drug-likeness (QED) is 0.783. The maximum atomic E-state index is 12.3. The van der Waals surface area contributed by atoms with Crippen LogP contribution in [0, 0.1) is 5.41 Å². The smallest absolute Gasteiger partial charge is 0.224 e. The molecule has 0 bridgehead atoms. The Morgan fingerprint density at radius 3 is 2.39 bits per heavy atom. The van der Waals surface area contributed by atoms with E-state index in [-0.39, 0.29) is 24.0 Å². The van der Waals surface area contributed by atoms with Gasteiger partial charge in [-0.15, -0.1) is 0 Å². The van der Waals surface area contributed by atoms with Crippen molar-refractivity contribution >= 4 is 5.91 Å². The molecule has 0 heterocycles. The first kappa shape index (κ1) is 15.4. The van der Waals surface area contributed by atoms with Crippen LogP contribution in [0.3, 0.4) is 0 Å². The van der Waals surface area contributed by atoms with Gasteiger partial charge in [-0.2, -0.15) is 0 Å². The van der Waals surface area contributed by atoms with Gasteiger partial charge >= 0.3 is 0 Å². The van der Waals surface area contributed by atoms with Crippen LogP contribution < -0.4 is 5.73 Å². The first-order valence-corrected chi connectivity index (χ1v) is 7.02. The summed E-state index contributed by atoms with van der Waals surface area (Å²) in [6, 6.07) is 0.185. The Morgan fingerprint density at radius 1 is 1.39 bits per heavy atom. The molecule has 106 valence electrons. The minimum absolute atomic E-state index is 0.0347. The van der Waals surface area contributed by atoms with Crippen LogP contribution in [0.15, 0.2) is 0 Å². The minimum atomic E-state index is -0.132. The van der Waals surface area contributed by atoms with Crippen LogP contribution >= 0.6 is 0 Å². The molecule has 1 aliphatic carbocycles. The van der Waals surface area contributed by atoms with Gasteiger partial charge in [0.15, 0.2) is 0 Å². The Labute approximate surface area is 111 Å². The van der Waals surface area contributed by atoms with Crippen molar-refractivity contribution in [1.29, 1.82) is 0 Å². The van der Waals surface area contributed by atoms with Crippen molar-refractivity contribution in [2.24, 2.45) is 11.1 Å². The molecule has 1 aliphatic rings. The number of rotatable bonds is 5. The molecule has 0 saturated heterocycles. The molecule has 0 radical (unpaired) electrons. The van der Waals surface area contributed by atoms with E-state index in [1.807, 2.05) is 4.90 Å². The van der Waals surface area contributed by atoms with Gasteiger partial charge in [-0.25, -0.2) is 0 Å². The standard InChI is InChI=1S/C14H28N2O2/c1-14(2,3)12(15)10-13(18)16(8-9-17)11-6-4-5-7-11/h11-12,17H,4-10,15H2,1-3H3. The van der Waals surface area contributed by atoms with Crippen LogP contribution in [-0.2, 0) is 4.79 Å². The van der Waals surface area contributed by atoms with Crippen LogP contribution in [0.5, 0.6) is 0 Å². The van der Waals surface area contributed by atoms with E-state index in [0.717, 1.165) is 12.8 Å². The molecule has 1 saturated carbocycles. The van der Waals surface area contributed by atoms with Crippen molar-refractivity contribution in [2.45, 2.75) is 65.0 Å². The summed E-state index contributed by atoms with van der Waals surface area (Å²) in [5, 5.41) is 9.11. The molecule has 4 heteroatoms. The fraction of sp³-hybridized carbons (Fsp3) is 0.929. The fourth-order valence-corrected chi connectivity index (χ4v) is 2.45. The summed E-state index contributed by atoms with van der Waals surface area (Å²) in [4.78, 5) is 14.2. The Balaban J connectivity index is 2.59. The Hall–Kier alpha value is -0.610. The highest BCUT2D eigenvalue weighted by atomic mass is 16.3. The van der Waals surface area contributed by atoms with Gasteiger partial charge in [0.1, 0.15) is 0 Å². The van der Waals surface area contributed by atoms with Crippen molar-refractivity contribution in [1.82, 2.24) is 4.90 Å². The van der Waals surface area contributed by atoms with Gasteiger partial charge in [-0.1, -0.05) is 33.6 Å². The molecule has 1 atom stereocenters. The number of hydrogen-bond donors (Lipinski definition) is 2. The van der Waals surface area contributed by atoms with Crippen LogP contribution in [-0.4, -0.2) is 41.1 Å². The van der Waals surface area contributed by atoms with Gasteiger partial charge in [-0.3, -0.25) is 4.79 Å². The first-order chi connectivity index (χ1) is 8.36. The summed E-state index contributed by atoms with van der Waals surface area (Å²) in [6.45, 7) is 6.64. The molecule has 0 aromatic rings. The lowest BCUT2D eigenvalue weighted by Gasteiger charge is -2.32. The zero-order valence-electron chi connectivity index (χ0n) is 12.0. The van der Waals surface area contributed by atoms with Crippen LogP contribution in [0.25, 0.3) is 0 Å². The highest BCUT2D eigenvalue weighted by Gasteiger charge is 2.30. The van der Waals surface area contributed by atoms with Crippen LogP contribution in [0.1, 0.15) is 52.9 Å². The third-order valence-corrected chi connectivity index (χ3v) is 3.93. The number of aliphatic hydroxyl groups excluding tert-OH is 1. The summed E-state index contributed by atoms with van der Waals surface area (Å²) < 4.78 is 0. The van der Waals surface area contributed by atoms with E-state index in [9.17, 15) is 4.79 Å². The lowest BCUT2D eigenvalue weighted by Crippen LogP contribution is -2.45. The Bertz CT molecular complexity index is 267. The molecule has 3 N–H and O–H groups in total. The van der Waals surface area contributed by atoms with Crippen molar-refractivity contribution in [3.63, 3.8) is 0 Å². The van der Waals surface area contributed by atoms with Gasteiger partial charge in [0, 0.05) is 25.0 Å². The first-order valence-electron chi connectivity index (χ1n) is 7.02. The molecule has 0 aromatic heterocycles. The summed E-state index contributed by atoms with van der Waals surface area (Å²) in [5.41, 5.74) is 6.01. The van der Waals surface area contributed by atoms with Gasteiger partial charge in [0.05, 0.1) is 6.61 Å². The minimum Gasteiger partial charge on any atom is -0.395 e. The van der Waals surface area contributed by atoms with Crippen molar-refractivity contribution in [3.8, 4) is 0 Å². The van der Waals surface area contributed by atoms with Crippen molar-refractivity contribution in [3.05, 3.63) is 0 Å². The largest absolute Gasteiger partial charge is 0.395 e. The number of carbonyl (C=O) groups excluding carboxylic acids is 1. The number of aliphatic hydroxyl groups is 1. The number of nitrogens with two attached hydrogens (primary N) is 1. The maximum absolute atomic E-state index is 12.3. The topological polar surface area (TPSA) is 66.6 Å². The molecule has 0 aliphatic heterocycles. The average molecular weight is 256 g/mol. The number of amides is 1. The van der Waals surface area contributed by atoms with E-state index in [1.165, 1.54) is 12.8 Å². The fourth-order valence-electron chi connectivity index (χ4n) is 2.45. The maximum Gasteiger partial charge on any atom is 0.224 e. The van der Waals surface area contributed by atoms with E-state index < -0.39 is 0 Å². The highest BCUT2D eigenvalue weighted by molar-refractivity contribution is 5.77. The van der Waals surface area contributed by atoms with Gasteiger partial charge < -0.3 is 15.7 Å².